The summed E-state index contributed by atoms with van der Waals surface area (Å²) >= 11 is 3.41. The van der Waals surface area contributed by atoms with Crippen molar-refractivity contribution in [2.24, 2.45) is 23.7 Å². The molecule has 9 nitrogen and oxygen atoms in total. The third-order valence-electron chi connectivity index (χ3n) is 8.59. The Hall–Kier alpha value is -2.69. The molecule has 2 aliphatic rings. The highest BCUT2D eigenvalue weighted by Gasteiger charge is 2.52. The van der Waals surface area contributed by atoms with Crippen molar-refractivity contribution in [2.75, 3.05) is 12.4 Å². The Bertz CT molecular complexity index is 1380. The number of carbonyl (C=O) groups is 2. The number of halogens is 1. The number of Topliss-reactive ketones (excluding diaryl/α,β-unsaturated/α-hetero) is 1. The predicted octanol–water partition coefficient (Wildman–Crippen LogP) is 6.29. The van der Waals surface area contributed by atoms with Crippen molar-refractivity contribution in [2.45, 2.75) is 71.4 Å². The molecule has 39 heavy (non-hydrogen) atoms. The predicted molar refractivity (Wildman–Crippen MR) is 150 cm³/mol. The second-order valence-electron chi connectivity index (χ2n) is 11.3. The van der Waals surface area contributed by atoms with Crippen LogP contribution in [0, 0.1) is 23.7 Å². The first-order valence-corrected chi connectivity index (χ1v) is 14.4. The van der Waals surface area contributed by atoms with E-state index >= 15 is 0 Å². The first-order valence-electron chi connectivity index (χ1n) is 13.6. The van der Waals surface area contributed by atoms with Crippen LogP contribution in [0.25, 0.3) is 11.1 Å². The number of H-pyrrole nitrogens is 1. The molecule has 3 N–H and O–H groups in total. The summed E-state index contributed by atoms with van der Waals surface area (Å²) in [4.78, 5) is 32.8. The zero-order chi connectivity index (χ0) is 28.1. The summed E-state index contributed by atoms with van der Waals surface area (Å²) in [7, 11) is 1.68. The molecule has 5 rings (SSSR count). The first kappa shape index (κ1) is 27.9. The molecule has 0 radical (unpaired) electrons. The standard InChI is InChI=1S/C29H36BrN3O6/c1-14-8-9-29(16(3)10-15(2)27(39-29)17(4)26(34)20-11-18(30)13-32-20)38-22(14)12-23-33-25-21(37-23)7-6-19(31-5)24(25)28(35)36/h6-7,11,13-17,22,27,31-32H,8-10,12H2,1-5H3,(H,35,36)/t14-,15-,16+,17+,22+,27?,29-/m1/s1. The molecule has 2 fully saturated rings. The number of hydrogen-bond donors (Lipinski definition) is 3. The minimum atomic E-state index is -1.06. The van der Waals surface area contributed by atoms with Gasteiger partial charge in [0.2, 0.25) is 0 Å². The number of rotatable bonds is 7. The number of carboxylic acid groups (broad SMARTS) is 1. The molecule has 1 spiro atoms. The van der Waals surface area contributed by atoms with Crippen LogP contribution in [0.15, 0.2) is 33.3 Å². The van der Waals surface area contributed by atoms with Crippen LogP contribution < -0.4 is 5.32 Å². The summed E-state index contributed by atoms with van der Waals surface area (Å²) in [5.41, 5.74) is 1.89. The van der Waals surface area contributed by atoms with E-state index in [0.717, 1.165) is 23.7 Å². The molecule has 0 saturated carbocycles. The van der Waals surface area contributed by atoms with E-state index in [4.69, 9.17) is 13.9 Å². The number of carbonyl (C=O) groups excluding carboxylic acids is 1. The molecular weight excluding hydrogens is 566 g/mol. The van der Waals surface area contributed by atoms with Gasteiger partial charge in [0.1, 0.15) is 11.1 Å². The number of benzene rings is 1. The largest absolute Gasteiger partial charge is 0.478 e. The van der Waals surface area contributed by atoms with Crippen LogP contribution >= 0.6 is 15.9 Å². The van der Waals surface area contributed by atoms with E-state index in [0.29, 0.717) is 34.8 Å². The van der Waals surface area contributed by atoms with E-state index in [9.17, 15) is 14.7 Å². The van der Waals surface area contributed by atoms with Gasteiger partial charge in [-0.1, -0.05) is 27.7 Å². The number of ketones is 1. The molecule has 4 heterocycles. The summed E-state index contributed by atoms with van der Waals surface area (Å²) in [6, 6.07) is 5.22. The molecule has 1 aromatic carbocycles. The van der Waals surface area contributed by atoms with Crippen LogP contribution in [0.1, 0.15) is 73.7 Å². The lowest BCUT2D eigenvalue weighted by molar-refractivity contribution is -0.355. The highest BCUT2D eigenvalue weighted by atomic mass is 79.9. The zero-order valence-corrected chi connectivity index (χ0v) is 24.5. The third kappa shape index (κ3) is 5.14. The van der Waals surface area contributed by atoms with Crippen molar-refractivity contribution >= 4 is 44.5 Å². The van der Waals surface area contributed by atoms with Crippen molar-refractivity contribution in [3.05, 3.63) is 46.0 Å². The molecule has 0 amide bonds. The Morgan fingerprint density at radius 1 is 1.26 bits per heavy atom. The monoisotopic (exact) mass is 601 g/mol. The summed E-state index contributed by atoms with van der Waals surface area (Å²) in [5, 5.41) is 12.7. The Balaban J connectivity index is 1.38. The SMILES string of the molecule is CNc1ccc2oc(C[C@@H]3O[C@]4(CC[C@H]3C)OC([C@@H](C)C(=O)c3cc(Br)c[nH]3)[C@H](C)C[C@@H]4C)nc2c1C(=O)O. The van der Waals surface area contributed by atoms with E-state index in [1.54, 1.807) is 31.4 Å². The highest BCUT2D eigenvalue weighted by molar-refractivity contribution is 9.10. The molecule has 3 aromatic rings. The van der Waals surface area contributed by atoms with Crippen LogP contribution in [-0.4, -0.2) is 51.9 Å². The van der Waals surface area contributed by atoms with Gasteiger partial charge in [0, 0.05) is 36.0 Å². The van der Waals surface area contributed by atoms with Crippen molar-refractivity contribution in [1.29, 1.82) is 0 Å². The number of carboxylic acids is 1. The average molecular weight is 603 g/mol. The maximum Gasteiger partial charge on any atom is 0.340 e. The number of nitrogens with one attached hydrogen (secondary N) is 2. The second kappa shape index (κ2) is 10.7. The van der Waals surface area contributed by atoms with Crippen LogP contribution in [0.3, 0.4) is 0 Å². The molecule has 210 valence electrons. The summed E-state index contributed by atoms with van der Waals surface area (Å²) < 4.78 is 20.4. The summed E-state index contributed by atoms with van der Waals surface area (Å²) in [6.45, 7) is 8.38. The van der Waals surface area contributed by atoms with E-state index in [2.05, 4.69) is 52.0 Å². The normalized spacial score (nSPS) is 29.9. The number of fused-ring (bicyclic) bond motifs is 1. The smallest absolute Gasteiger partial charge is 0.340 e. The molecule has 1 unspecified atom stereocenters. The number of oxazole rings is 1. The van der Waals surface area contributed by atoms with Gasteiger partial charge in [0.05, 0.1) is 30.0 Å². The lowest BCUT2D eigenvalue weighted by Crippen LogP contribution is -2.58. The van der Waals surface area contributed by atoms with E-state index in [1.807, 2.05) is 6.92 Å². The van der Waals surface area contributed by atoms with Gasteiger partial charge in [0.25, 0.3) is 0 Å². The number of ether oxygens (including phenoxy) is 2. The summed E-state index contributed by atoms with van der Waals surface area (Å²) in [5.74, 6) is -1.21. The van der Waals surface area contributed by atoms with Gasteiger partial charge in [0.15, 0.2) is 23.0 Å². The number of aromatic carboxylic acids is 1. The molecule has 2 aromatic heterocycles. The first-order chi connectivity index (χ1) is 18.5. The number of aromatic amines is 1. The molecule has 0 bridgehead atoms. The average Bonchev–Trinajstić information content (AvgIpc) is 3.52. The number of nitrogens with zero attached hydrogens (tertiary/aromatic N) is 1. The summed E-state index contributed by atoms with van der Waals surface area (Å²) in [6.07, 6.45) is 4.16. The van der Waals surface area contributed by atoms with Gasteiger partial charge in [-0.05, 0) is 58.8 Å². The fraction of sp³-hybridized carbons (Fsp3) is 0.552. The fourth-order valence-corrected chi connectivity index (χ4v) is 6.64. The quantitative estimate of drug-likeness (QED) is 0.269. The van der Waals surface area contributed by atoms with E-state index < -0.39 is 11.8 Å². The second-order valence-corrected chi connectivity index (χ2v) is 12.2. The Kier molecular flexibility index (Phi) is 7.65. The number of aromatic nitrogens is 2. The fourth-order valence-electron chi connectivity index (χ4n) is 6.30. The topological polar surface area (TPSA) is 127 Å². The van der Waals surface area contributed by atoms with Crippen molar-refractivity contribution in [3.8, 4) is 0 Å². The molecular formula is C29H36BrN3O6. The maximum absolute atomic E-state index is 13.3. The molecule has 2 aliphatic heterocycles. The Morgan fingerprint density at radius 3 is 2.69 bits per heavy atom. The van der Waals surface area contributed by atoms with Crippen LogP contribution in [0.5, 0.6) is 0 Å². The zero-order valence-electron chi connectivity index (χ0n) is 22.9. The van der Waals surface area contributed by atoms with Crippen molar-refractivity contribution in [1.82, 2.24) is 9.97 Å². The molecule has 7 atom stereocenters. The van der Waals surface area contributed by atoms with Crippen LogP contribution in [-0.2, 0) is 15.9 Å². The van der Waals surface area contributed by atoms with Gasteiger partial charge < -0.3 is 29.3 Å². The van der Waals surface area contributed by atoms with Gasteiger partial charge in [-0.25, -0.2) is 9.78 Å². The molecule has 10 heteroatoms. The van der Waals surface area contributed by atoms with Crippen LogP contribution in [0.2, 0.25) is 0 Å². The van der Waals surface area contributed by atoms with Crippen molar-refractivity contribution < 1.29 is 28.6 Å². The minimum absolute atomic E-state index is 0.0182. The highest BCUT2D eigenvalue weighted by Crippen LogP contribution is 2.48. The number of anilines is 1. The van der Waals surface area contributed by atoms with Crippen LogP contribution in [0.4, 0.5) is 5.69 Å². The molecule has 2 saturated heterocycles. The van der Waals surface area contributed by atoms with Gasteiger partial charge >= 0.3 is 5.97 Å². The van der Waals surface area contributed by atoms with Crippen molar-refractivity contribution in [3.63, 3.8) is 0 Å². The van der Waals surface area contributed by atoms with E-state index in [-0.39, 0.29) is 47.2 Å². The Morgan fingerprint density at radius 2 is 2.03 bits per heavy atom. The minimum Gasteiger partial charge on any atom is -0.478 e. The number of hydrogen-bond acceptors (Lipinski definition) is 7. The maximum atomic E-state index is 13.3. The van der Waals surface area contributed by atoms with Gasteiger partial charge in [-0.2, -0.15) is 0 Å². The lowest BCUT2D eigenvalue weighted by atomic mass is 9.75. The van der Waals surface area contributed by atoms with Gasteiger partial charge in [-0.15, -0.1) is 0 Å². The third-order valence-corrected chi connectivity index (χ3v) is 9.05. The van der Waals surface area contributed by atoms with E-state index in [1.165, 1.54) is 0 Å². The lowest BCUT2D eigenvalue weighted by Gasteiger charge is -2.53. The van der Waals surface area contributed by atoms with Gasteiger partial charge in [-0.3, -0.25) is 4.79 Å². The Labute approximate surface area is 236 Å². The molecule has 0 aliphatic carbocycles.